The normalized spacial score (nSPS) is 21.3. The van der Waals surface area contributed by atoms with Crippen molar-refractivity contribution in [1.29, 1.82) is 0 Å². The van der Waals surface area contributed by atoms with E-state index in [0.29, 0.717) is 12.5 Å². The minimum absolute atomic E-state index is 0.0577. The molecule has 5 heteroatoms. The van der Waals surface area contributed by atoms with Gasteiger partial charge in [-0.05, 0) is 68.3 Å². The summed E-state index contributed by atoms with van der Waals surface area (Å²) in [6.07, 6.45) is 6.06. The molecular formula is C19H25N3O2. The Morgan fingerprint density at radius 2 is 1.96 bits per heavy atom. The summed E-state index contributed by atoms with van der Waals surface area (Å²) >= 11 is 0. The van der Waals surface area contributed by atoms with Crippen molar-refractivity contribution in [2.45, 2.75) is 44.6 Å². The van der Waals surface area contributed by atoms with Gasteiger partial charge in [0.05, 0.1) is 0 Å². The highest BCUT2D eigenvalue weighted by Crippen LogP contribution is 2.28. The van der Waals surface area contributed by atoms with E-state index in [1.807, 2.05) is 23.1 Å². The summed E-state index contributed by atoms with van der Waals surface area (Å²) in [6.45, 7) is 2.80. The van der Waals surface area contributed by atoms with Gasteiger partial charge in [0, 0.05) is 36.8 Å². The Balaban J connectivity index is 1.35. The molecule has 0 unspecified atom stereocenters. The van der Waals surface area contributed by atoms with E-state index in [1.165, 1.54) is 12.8 Å². The van der Waals surface area contributed by atoms with Crippen LogP contribution in [0.4, 0.5) is 5.69 Å². The van der Waals surface area contributed by atoms with Crippen LogP contribution < -0.4 is 10.6 Å². The Morgan fingerprint density at radius 1 is 1.17 bits per heavy atom. The topological polar surface area (TPSA) is 61.4 Å². The molecule has 1 saturated heterocycles. The average molecular weight is 327 g/mol. The first-order valence-corrected chi connectivity index (χ1v) is 9.14. The Kier molecular flexibility index (Phi) is 4.27. The first kappa shape index (κ1) is 15.6. The van der Waals surface area contributed by atoms with Crippen LogP contribution in [0.3, 0.4) is 0 Å². The summed E-state index contributed by atoms with van der Waals surface area (Å²) in [4.78, 5) is 26.2. The minimum atomic E-state index is 0.0577. The van der Waals surface area contributed by atoms with Gasteiger partial charge in [0.2, 0.25) is 5.91 Å². The minimum Gasteiger partial charge on any atom is -0.339 e. The number of carbonyl (C=O) groups is 2. The predicted octanol–water partition coefficient (Wildman–Crippen LogP) is 2.18. The molecule has 0 aromatic heterocycles. The molecule has 3 aliphatic rings. The second-order valence-corrected chi connectivity index (χ2v) is 7.34. The van der Waals surface area contributed by atoms with E-state index in [1.54, 1.807) is 0 Å². The second kappa shape index (κ2) is 6.55. The number of amides is 2. The molecule has 1 aromatic rings. The summed E-state index contributed by atoms with van der Waals surface area (Å²) in [6, 6.07) is 6.22. The van der Waals surface area contributed by atoms with Crippen molar-refractivity contribution in [3.63, 3.8) is 0 Å². The number of carbonyl (C=O) groups excluding carboxylic acids is 2. The standard InChI is InChI=1S/C19H25N3O2/c23-18-6-4-14-11-15(3-5-17(14)21-18)19(24)22-9-7-16(8-10-22)20-12-13-1-2-13/h3,5,11,13,16,20H,1-2,4,6-10,12H2,(H,21,23). The Hall–Kier alpha value is -1.88. The summed E-state index contributed by atoms with van der Waals surface area (Å²) < 4.78 is 0. The van der Waals surface area contributed by atoms with Crippen molar-refractivity contribution in [1.82, 2.24) is 10.2 Å². The van der Waals surface area contributed by atoms with Gasteiger partial charge in [0.15, 0.2) is 0 Å². The predicted molar refractivity (Wildman–Crippen MR) is 93.0 cm³/mol. The van der Waals surface area contributed by atoms with Crippen LogP contribution in [0.5, 0.6) is 0 Å². The number of piperidine rings is 1. The van der Waals surface area contributed by atoms with Crippen molar-refractivity contribution in [3.05, 3.63) is 29.3 Å². The third kappa shape index (κ3) is 3.46. The van der Waals surface area contributed by atoms with Crippen LogP contribution >= 0.6 is 0 Å². The maximum Gasteiger partial charge on any atom is 0.253 e. The molecule has 5 nitrogen and oxygen atoms in total. The molecule has 4 rings (SSSR count). The highest BCUT2D eigenvalue weighted by atomic mass is 16.2. The zero-order valence-corrected chi connectivity index (χ0v) is 14.0. The third-order valence-electron chi connectivity index (χ3n) is 5.42. The molecule has 2 heterocycles. The molecular weight excluding hydrogens is 302 g/mol. The first-order chi connectivity index (χ1) is 11.7. The van der Waals surface area contributed by atoms with E-state index in [-0.39, 0.29) is 11.8 Å². The fourth-order valence-electron chi connectivity index (χ4n) is 3.64. The van der Waals surface area contributed by atoms with Gasteiger partial charge in [-0.3, -0.25) is 9.59 Å². The maximum absolute atomic E-state index is 12.8. The molecule has 2 amide bonds. The Labute approximate surface area is 142 Å². The highest BCUT2D eigenvalue weighted by Gasteiger charge is 2.27. The van der Waals surface area contributed by atoms with Gasteiger partial charge in [0.25, 0.3) is 5.91 Å². The highest BCUT2D eigenvalue weighted by molar-refractivity contribution is 5.98. The largest absolute Gasteiger partial charge is 0.339 e. The van der Waals surface area contributed by atoms with Crippen molar-refractivity contribution < 1.29 is 9.59 Å². The summed E-state index contributed by atoms with van der Waals surface area (Å²) in [5.74, 6) is 1.08. The Morgan fingerprint density at radius 3 is 2.71 bits per heavy atom. The molecule has 0 spiro atoms. The van der Waals surface area contributed by atoms with E-state index in [0.717, 1.165) is 61.6 Å². The van der Waals surface area contributed by atoms with E-state index < -0.39 is 0 Å². The number of hydrogen-bond acceptors (Lipinski definition) is 3. The molecule has 0 radical (unpaired) electrons. The zero-order valence-electron chi connectivity index (χ0n) is 14.0. The number of rotatable bonds is 4. The van der Waals surface area contributed by atoms with E-state index in [4.69, 9.17) is 0 Å². The zero-order chi connectivity index (χ0) is 16.5. The maximum atomic E-state index is 12.8. The molecule has 2 N–H and O–H groups in total. The van der Waals surface area contributed by atoms with Crippen LogP contribution in [-0.4, -0.2) is 42.4 Å². The van der Waals surface area contributed by atoms with Gasteiger partial charge < -0.3 is 15.5 Å². The van der Waals surface area contributed by atoms with Crippen LogP contribution in [0, 0.1) is 5.92 Å². The first-order valence-electron chi connectivity index (χ1n) is 9.14. The van der Waals surface area contributed by atoms with Crippen LogP contribution in [0.25, 0.3) is 0 Å². The van der Waals surface area contributed by atoms with Gasteiger partial charge in [-0.2, -0.15) is 0 Å². The van der Waals surface area contributed by atoms with Crippen LogP contribution in [-0.2, 0) is 11.2 Å². The van der Waals surface area contributed by atoms with Gasteiger partial charge >= 0.3 is 0 Å². The van der Waals surface area contributed by atoms with E-state index >= 15 is 0 Å². The fourth-order valence-corrected chi connectivity index (χ4v) is 3.64. The van der Waals surface area contributed by atoms with Gasteiger partial charge in [0.1, 0.15) is 0 Å². The number of anilines is 1. The van der Waals surface area contributed by atoms with Crippen molar-refractivity contribution in [2.75, 3.05) is 25.0 Å². The van der Waals surface area contributed by atoms with Gasteiger partial charge in [-0.25, -0.2) is 0 Å². The van der Waals surface area contributed by atoms with Crippen molar-refractivity contribution in [3.8, 4) is 0 Å². The lowest BCUT2D eigenvalue weighted by Gasteiger charge is -2.33. The monoisotopic (exact) mass is 327 g/mol. The average Bonchev–Trinajstić information content (AvgIpc) is 3.44. The number of aryl methyl sites for hydroxylation is 1. The lowest BCUT2D eigenvalue weighted by atomic mass is 9.99. The van der Waals surface area contributed by atoms with Crippen LogP contribution in [0.1, 0.15) is 48.0 Å². The van der Waals surface area contributed by atoms with Crippen molar-refractivity contribution in [2.24, 2.45) is 5.92 Å². The van der Waals surface area contributed by atoms with E-state index in [9.17, 15) is 9.59 Å². The lowest BCUT2D eigenvalue weighted by molar-refractivity contribution is -0.116. The van der Waals surface area contributed by atoms with Gasteiger partial charge in [-0.15, -0.1) is 0 Å². The van der Waals surface area contributed by atoms with E-state index in [2.05, 4.69) is 10.6 Å². The molecule has 1 aromatic carbocycles. The smallest absolute Gasteiger partial charge is 0.253 e. The molecule has 0 bridgehead atoms. The molecule has 1 aliphatic carbocycles. The summed E-state index contributed by atoms with van der Waals surface area (Å²) in [7, 11) is 0. The van der Waals surface area contributed by atoms with Crippen molar-refractivity contribution >= 4 is 17.5 Å². The van der Waals surface area contributed by atoms with Crippen LogP contribution in [0.2, 0.25) is 0 Å². The Bertz CT molecular complexity index is 646. The third-order valence-corrected chi connectivity index (χ3v) is 5.42. The van der Waals surface area contributed by atoms with Gasteiger partial charge in [-0.1, -0.05) is 0 Å². The molecule has 24 heavy (non-hydrogen) atoms. The molecule has 2 fully saturated rings. The molecule has 0 atom stereocenters. The molecule has 2 aliphatic heterocycles. The lowest BCUT2D eigenvalue weighted by Crippen LogP contribution is -2.45. The number of nitrogens with one attached hydrogen (secondary N) is 2. The number of fused-ring (bicyclic) bond motifs is 1. The van der Waals surface area contributed by atoms with Crippen LogP contribution in [0.15, 0.2) is 18.2 Å². The number of likely N-dealkylation sites (tertiary alicyclic amines) is 1. The quantitative estimate of drug-likeness (QED) is 0.891. The SMILES string of the molecule is O=C1CCc2cc(C(=O)N3CCC(NCC4CC4)CC3)ccc2N1. The number of hydrogen-bond donors (Lipinski definition) is 2. The second-order valence-electron chi connectivity index (χ2n) is 7.34. The summed E-state index contributed by atoms with van der Waals surface area (Å²) in [5, 5.41) is 6.52. The fraction of sp³-hybridized carbons (Fsp3) is 0.579. The molecule has 1 saturated carbocycles. The number of nitrogens with zero attached hydrogens (tertiary/aromatic N) is 1. The summed E-state index contributed by atoms with van der Waals surface area (Å²) in [5.41, 5.74) is 2.67. The molecule has 128 valence electrons. The number of benzene rings is 1.